The molecule has 1 saturated heterocycles. The molecule has 1 heterocycles. The lowest BCUT2D eigenvalue weighted by molar-refractivity contribution is -0.384. The lowest BCUT2D eigenvalue weighted by Crippen LogP contribution is -2.32. The van der Waals surface area contributed by atoms with Crippen molar-refractivity contribution in [1.29, 1.82) is 0 Å². The third kappa shape index (κ3) is 4.72. The normalized spacial score (nSPS) is 18.1. The molecule has 0 spiro atoms. The van der Waals surface area contributed by atoms with Crippen LogP contribution in [0.2, 0.25) is 0 Å². The van der Waals surface area contributed by atoms with Crippen LogP contribution >= 0.6 is 11.8 Å². The van der Waals surface area contributed by atoms with Crippen LogP contribution in [0.4, 0.5) is 5.69 Å². The lowest BCUT2D eigenvalue weighted by atomic mass is 10.1. The fraction of sp³-hybridized carbons (Fsp3) is 0.150. The van der Waals surface area contributed by atoms with Gasteiger partial charge in [0.1, 0.15) is 0 Å². The topological polar surface area (TPSA) is 88.2 Å². The first-order chi connectivity index (χ1) is 13.6. The van der Waals surface area contributed by atoms with Gasteiger partial charge in [0.15, 0.2) is 5.17 Å². The SMILES string of the molecule is C=CCN1C(=O)C(Cc2cccc([N+](=O)[O-])c2)SC1=NN=Cc1ccccc1. The predicted molar refractivity (Wildman–Crippen MR) is 112 cm³/mol. The first-order valence-corrected chi connectivity index (χ1v) is 9.45. The van der Waals surface area contributed by atoms with Crippen LogP contribution in [0, 0.1) is 10.1 Å². The van der Waals surface area contributed by atoms with Crippen molar-refractivity contribution < 1.29 is 9.72 Å². The molecule has 1 amide bonds. The minimum atomic E-state index is -0.442. The Kier molecular flexibility index (Phi) is 6.33. The Hall–Kier alpha value is -3.26. The number of amidine groups is 1. The number of non-ortho nitro benzene ring substituents is 1. The van der Waals surface area contributed by atoms with Gasteiger partial charge in [-0.1, -0.05) is 60.3 Å². The highest BCUT2D eigenvalue weighted by Gasteiger charge is 2.37. The van der Waals surface area contributed by atoms with Gasteiger partial charge >= 0.3 is 0 Å². The fourth-order valence-electron chi connectivity index (χ4n) is 2.71. The zero-order chi connectivity index (χ0) is 19.9. The summed E-state index contributed by atoms with van der Waals surface area (Å²) in [5, 5.41) is 19.3. The van der Waals surface area contributed by atoms with Crippen LogP contribution in [-0.2, 0) is 11.2 Å². The molecular formula is C20H18N4O3S. The van der Waals surface area contributed by atoms with Gasteiger partial charge in [-0.2, -0.15) is 5.10 Å². The fourth-order valence-corrected chi connectivity index (χ4v) is 3.85. The van der Waals surface area contributed by atoms with Crippen molar-refractivity contribution in [3.05, 3.63) is 88.5 Å². The van der Waals surface area contributed by atoms with E-state index in [2.05, 4.69) is 16.8 Å². The van der Waals surface area contributed by atoms with Gasteiger partial charge in [-0.3, -0.25) is 19.8 Å². The number of amides is 1. The number of hydrogen-bond acceptors (Lipinski definition) is 6. The minimum absolute atomic E-state index is 0.0113. The molecular weight excluding hydrogens is 376 g/mol. The molecule has 0 radical (unpaired) electrons. The monoisotopic (exact) mass is 394 g/mol. The third-order valence-electron chi connectivity index (χ3n) is 4.02. The van der Waals surface area contributed by atoms with Crippen molar-refractivity contribution in [1.82, 2.24) is 4.90 Å². The number of nitro benzene ring substituents is 1. The molecule has 0 N–H and O–H groups in total. The number of thioether (sulfide) groups is 1. The summed E-state index contributed by atoms with van der Waals surface area (Å²) >= 11 is 1.31. The quantitative estimate of drug-likeness (QED) is 0.310. The second-order valence-corrected chi connectivity index (χ2v) is 7.18. The van der Waals surface area contributed by atoms with Crippen LogP contribution in [0.5, 0.6) is 0 Å². The first kappa shape index (κ1) is 19.5. The molecule has 2 aromatic rings. The molecule has 0 saturated carbocycles. The Morgan fingerprint density at radius 3 is 2.71 bits per heavy atom. The molecule has 7 nitrogen and oxygen atoms in total. The van der Waals surface area contributed by atoms with E-state index in [4.69, 9.17) is 0 Å². The Balaban J connectivity index is 1.77. The second-order valence-electron chi connectivity index (χ2n) is 6.01. The van der Waals surface area contributed by atoms with Crippen molar-refractivity contribution in [2.24, 2.45) is 10.2 Å². The van der Waals surface area contributed by atoms with Crippen LogP contribution < -0.4 is 0 Å². The summed E-state index contributed by atoms with van der Waals surface area (Å²) in [4.78, 5) is 24.8. The van der Waals surface area contributed by atoms with Crippen molar-refractivity contribution in [2.75, 3.05) is 6.54 Å². The van der Waals surface area contributed by atoms with Crippen molar-refractivity contribution in [3.63, 3.8) is 0 Å². The molecule has 1 aliphatic heterocycles. The van der Waals surface area contributed by atoms with Gasteiger partial charge in [-0.05, 0) is 17.5 Å². The average molecular weight is 394 g/mol. The van der Waals surface area contributed by atoms with E-state index in [1.807, 2.05) is 30.3 Å². The third-order valence-corrected chi connectivity index (χ3v) is 5.19. The summed E-state index contributed by atoms with van der Waals surface area (Å²) in [6.07, 6.45) is 3.63. The molecule has 2 aromatic carbocycles. The predicted octanol–water partition coefficient (Wildman–Crippen LogP) is 3.66. The van der Waals surface area contributed by atoms with Gasteiger partial charge in [0.25, 0.3) is 5.69 Å². The molecule has 142 valence electrons. The molecule has 1 fully saturated rings. The zero-order valence-corrected chi connectivity index (χ0v) is 15.8. The highest BCUT2D eigenvalue weighted by Crippen LogP contribution is 2.30. The molecule has 0 bridgehead atoms. The molecule has 28 heavy (non-hydrogen) atoms. The Labute approximate surface area is 166 Å². The number of carbonyl (C=O) groups excluding carboxylic acids is 1. The molecule has 8 heteroatoms. The van der Waals surface area contributed by atoms with Gasteiger partial charge in [-0.25, -0.2) is 0 Å². The van der Waals surface area contributed by atoms with E-state index in [-0.39, 0.29) is 11.6 Å². The maximum atomic E-state index is 12.8. The highest BCUT2D eigenvalue weighted by atomic mass is 32.2. The molecule has 1 unspecified atom stereocenters. The van der Waals surface area contributed by atoms with Gasteiger partial charge in [0, 0.05) is 18.7 Å². The Morgan fingerprint density at radius 2 is 2.00 bits per heavy atom. The second kappa shape index (κ2) is 9.09. The van der Waals surface area contributed by atoms with E-state index in [0.717, 1.165) is 11.1 Å². The number of hydrogen-bond donors (Lipinski definition) is 0. The maximum Gasteiger partial charge on any atom is 0.269 e. The average Bonchev–Trinajstić information content (AvgIpc) is 2.98. The van der Waals surface area contributed by atoms with E-state index >= 15 is 0 Å². The summed E-state index contributed by atoms with van der Waals surface area (Å²) in [6.45, 7) is 4.02. The summed E-state index contributed by atoms with van der Waals surface area (Å²) in [6, 6.07) is 15.9. The van der Waals surface area contributed by atoms with Crippen LogP contribution in [0.3, 0.4) is 0 Å². The zero-order valence-electron chi connectivity index (χ0n) is 15.0. The smallest absolute Gasteiger partial charge is 0.269 e. The van der Waals surface area contributed by atoms with E-state index < -0.39 is 10.2 Å². The summed E-state index contributed by atoms with van der Waals surface area (Å²) < 4.78 is 0. The van der Waals surface area contributed by atoms with Crippen LogP contribution in [0.1, 0.15) is 11.1 Å². The van der Waals surface area contributed by atoms with Gasteiger partial charge in [-0.15, -0.1) is 11.7 Å². The van der Waals surface area contributed by atoms with Crippen molar-refractivity contribution >= 4 is 34.7 Å². The summed E-state index contributed by atoms with van der Waals surface area (Å²) in [5.74, 6) is -0.106. The number of benzene rings is 2. The number of nitro groups is 1. The van der Waals surface area contributed by atoms with E-state index in [0.29, 0.717) is 18.1 Å². The molecule has 1 aliphatic rings. The highest BCUT2D eigenvalue weighted by molar-refractivity contribution is 8.15. The van der Waals surface area contributed by atoms with Crippen molar-refractivity contribution in [2.45, 2.75) is 11.7 Å². The van der Waals surface area contributed by atoms with Crippen LogP contribution in [0.25, 0.3) is 0 Å². The van der Waals surface area contributed by atoms with Gasteiger partial charge in [0.05, 0.1) is 16.4 Å². The van der Waals surface area contributed by atoms with Gasteiger partial charge < -0.3 is 0 Å². The lowest BCUT2D eigenvalue weighted by Gasteiger charge is -2.12. The maximum absolute atomic E-state index is 12.8. The van der Waals surface area contributed by atoms with Gasteiger partial charge in [0.2, 0.25) is 5.91 Å². The Bertz CT molecular complexity index is 943. The summed E-state index contributed by atoms with van der Waals surface area (Å²) in [7, 11) is 0. The molecule has 0 aromatic heterocycles. The molecule has 1 atom stereocenters. The molecule has 3 rings (SSSR count). The molecule has 0 aliphatic carbocycles. The number of nitrogens with zero attached hydrogens (tertiary/aromatic N) is 4. The summed E-state index contributed by atoms with van der Waals surface area (Å²) in [5.41, 5.74) is 1.65. The minimum Gasteiger partial charge on any atom is -0.285 e. The van der Waals surface area contributed by atoms with Crippen molar-refractivity contribution in [3.8, 4) is 0 Å². The number of rotatable bonds is 7. The van der Waals surface area contributed by atoms with E-state index in [9.17, 15) is 14.9 Å². The Morgan fingerprint density at radius 1 is 1.21 bits per heavy atom. The largest absolute Gasteiger partial charge is 0.285 e. The first-order valence-electron chi connectivity index (χ1n) is 8.57. The van der Waals surface area contributed by atoms with E-state index in [1.165, 1.54) is 28.8 Å². The van der Waals surface area contributed by atoms with E-state index in [1.54, 1.807) is 24.4 Å². The standard InChI is InChI=1S/C20H18N4O3S/c1-2-11-23-19(25)18(13-16-9-6-10-17(12-16)24(26)27)28-20(23)22-21-14-15-7-4-3-5-8-15/h2-10,12,14,18H,1,11,13H2. The van der Waals surface area contributed by atoms with Crippen LogP contribution in [-0.4, -0.2) is 38.9 Å². The number of carbonyl (C=O) groups is 1. The van der Waals surface area contributed by atoms with Crippen LogP contribution in [0.15, 0.2) is 77.5 Å².